The smallest absolute Gasteiger partial charge is 0.311 e. The Morgan fingerprint density at radius 1 is 1.22 bits per heavy atom. The maximum Gasteiger partial charge on any atom is 0.311 e. The molecule has 4 heteroatoms. The van der Waals surface area contributed by atoms with Crippen molar-refractivity contribution in [1.82, 2.24) is 0 Å². The standard InChI is InChI=1S/C23H22O4/c1-15(24)26-21-7-4-12-23(2)18(9-11-20(21)23)14-22(25)27-19-10-8-16-5-3-6-17(16)13-19/h3-4,6-13,18,20H,5,14H2,1-2H3. The van der Waals surface area contributed by atoms with E-state index in [-0.39, 0.29) is 35.6 Å². The van der Waals surface area contributed by atoms with E-state index in [1.807, 2.05) is 48.6 Å². The number of hydrogen-bond acceptors (Lipinski definition) is 4. The minimum atomic E-state index is -0.333. The van der Waals surface area contributed by atoms with Gasteiger partial charge in [0.05, 0.1) is 6.42 Å². The molecule has 0 heterocycles. The largest absolute Gasteiger partial charge is 0.431 e. The second-order valence-electron chi connectivity index (χ2n) is 7.50. The monoisotopic (exact) mass is 362 g/mol. The first kappa shape index (κ1) is 17.5. The molecule has 138 valence electrons. The van der Waals surface area contributed by atoms with Crippen molar-refractivity contribution in [1.29, 1.82) is 0 Å². The molecule has 3 aliphatic carbocycles. The summed E-state index contributed by atoms with van der Waals surface area (Å²) >= 11 is 0. The molecule has 3 atom stereocenters. The maximum atomic E-state index is 12.5. The van der Waals surface area contributed by atoms with Crippen molar-refractivity contribution in [2.75, 3.05) is 0 Å². The van der Waals surface area contributed by atoms with Crippen LogP contribution in [0, 0.1) is 17.3 Å². The van der Waals surface area contributed by atoms with Crippen LogP contribution in [0.2, 0.25) is 0 Å². The molecular formula is C23H22O4. The molecular weight excluding hydrogens is 340 g/mol. The molecule has 27 heavy (non-hydrogen) atoms. The highest BCUT2D eigenvalue weighted by Gasteiger charge is 2.46. The van der Waals surface area contributed by atoms with Gasteiger partial charge in [-0.05, 0) is 41.7 Å². The number of benzene rings is 1. The van der Waals surface area contributed by atoms with E-state index < -0.39 is 0 Å². The number of fused-ring (bicyclic) bond motifs is 2. The van der Waals surface area contributed by atoms with Crippen molar-refractivity contribution in [3.8, 4) is 5.75 Å². The molecule has 0 bridgehead atoms. The predicted octanol–water partition coefficient (Wildman–Crippen LogP) is 4.38. The predicted molar refractivity (Wildman–Crippen MR) is 103 cm³/mol. The van der Waals surface area contributed by atoms with E-state index in [0.717, 1.165) is 12.0 Å². The lowest BCUT2D eigenvalue weighted by molar-refractivity contribution is -0.139. The van der Waals surface area contributed by atoms with Crippen LogP contribution in [0.15, 0.2) is 60.4 Å². The molecule has 0 amide bonds. The summed E-state index contributed by atoms with van der Waals surface area (Å²) in [5.74, 6) is 0.555. The van der Waals surface area contributed by atoms with Crippen LogP contribution in [0.4, 0.5) is 0 Å². The molecule has 0 spiro atoms. The third-order valence-electron chi connectivity index (χ3n) is 5.66. The first-order valence-electron chi connectivity index (χ1n) is 9.22. The van der Waals surface area contributed by atoms with Gasteiger partial charge in [0.25, 0.3) is 0 Å². The molecule has 1 aromatic rings. The van der Waals surface area contributed by atoms with Gasteiger partial charge in [0, 0.05) is 18.3 Å². The van der Waals surface area contributed by atoms with Crippen molar-refractivity contribution in [3.63, 3.8) is 0 Å². The van der Waals surface area contributed by atoms with E-state index in [1.54, 1.807) is 0 Å². The number of rotatable bonds is 4. The minimum Gasteiger partial charge on any atom is -0.431 e. The number of carbonyl (C=O) groups is 2. The fourth-order valence-corrected chi connectivity index (χ4v) is 4.17. The topological polar surface area (TPSA) is 52.6 Å². The zero-order chi connectivity index (χ0) is 19.0. The number of carbonyl (C=O) groups excluding carboxylic acids is 2. The average Bonchev–Trinajstić information content (AvgIpc) is 3.19. The summed E-state index contributed by atoms with van der Waals surface area (Å²) < 4.78 is 10.9. The van der Waals surface area contributed by atoms with Gasteiger partial charge in [-0.2, -0.15) is 0 Å². The van der Waals surface area contributed by atoms with Gasteiger partial charge >= 0.3 is 11.9 Å². The Morgan fingerprint density at radius 2 is 2.07 bits per heavy atom. The highest BCUT2D eigenvalue weighted by molar-refractivity contribution is 5.74. The van der Waals surface area contributed by atoms with E-state index in [1.165, 1.54) is 12.5 Å². The molecule has 0 N–H and O–H groups in total. The van der Waals surface area contributed by atoms with Gasteiger partial charge < -0.3 is 9.47 Å². The second-order valence-corrected chi connectivity index (χ2v) is 7.50. The highest BCUT2D eigenvalue weighted by atomic mass is 16.5. The Balaban J connectivity index is 1.44. The molecule has 3 unspecified atom stereocenters. The quantitative estimate of drug-likeness (QED) is 0.453. The normalized spacial score (nSPS) is 27.1. The van der Waals surface area contributed by atoms with Gasteiger partial charge in [-0.1, -0.05) is 49.4 Å². The fourth-order valence-electron chi connectivity index (χ4n) is 4.17. The molecule has 0 saturated heterocycles. The van der Waals surface area contributed by atoms with Gasteiger partial charge in [-0.3, -0.25) is 9.59 Å². The summed E-state index contributed by atoms with van der Waals surface area (Å²) in [5, 5.41) is 0. The lowest BCUT2D eigenvalue weighted by Gasteiger charge is -2.36. The van der Waals surface area contributed by atoms with Crippen molar-refractivity contribution in [2.24, 2.45) is 17.3 Å². The summed E-state index contributed by atoms with van der Waals surface area (Å²) in [5.41, 5.74) is 2.06. The Morgan fingerprint density at radius 3 is 2.89 bits per heavy atom. The Bertz CT molecular complexity index is 918. The van der Waals surface area contributed by atoms with Crippen molar-refractivity contribution < 1.29 is 19.1 Å². The van der Waals surface area contributed by atoms with Gasteiger partial charge in [0.1, 0.15) is 11.5 Å². The first-order chi connectivity index (χ1) is 13.0. The van der Waals surface area contributed by atoms with Crippen molar-refractivity contribution in [2.45, 2.75) is 26.7 Å². The van der Waals surface area contributed by atoms with Crippen molar-refractivity contribution in [3.05, 3.63) is 71.5 Å². The van der Waals surface area contributed by atoms with Crippen molar-refractivity contribution >= 4 is 18.0 Å². The Hall–Kier alpha value is -2.88. The molecule has 1 aromatic carbocycles. The fraction of sp³-hybridized carbons (Fsp3) is 0.304. The van der Waals surface area contributed by atoms with Gasteiger partial charge in [-0.15, -0.1) is 0 Å². The molecule has 3 aliphatic rings. The van der Waals surface area contributed by atoms with Gasteiger partial charge in [0.2, 0.25) is 0 Å². The van der Waals surface area contributed by atoms with Crippen LogP contribution in [-0.4, -0.2) is 11.9 Å². The Kier molecular flexibility index (Phi) is 4.34. The number of allylic oxidation sites excluding steroid dienone is 6. The number of ether oxygens (including phenoxy) is 2. The average molecular weight is 362 g/mol. The maximum absolute atomic E-state index is 12.5. The molecule has 0 aromatic heterocycles. The third kappa shape index (κ3) is 3.27. The number of hydrogen-bond donors (Lipinski definition) is 0. The summed E-state index contributed by atoms with van der Waals surface area (Å²) in [6, 6.07) is 5.76. The summed E-state index contributed by atoms with van der Waals surface area (Å²) in [6.45, 7) is 3.48. The van der Waals surface area contributed by atoms with E-state index in [4.69, 9.17) is 9.47 Å². The summed E-state index contributed by atoms with van der Waals surface area (Å²) in [4.78, 5) is 23.9. The molecule has 4 rings (SSSR count). The zero-order valence-electron chi connectivity index (χ0n) is 15.5. The van der Waals surface area contributed by atoms with Crippen LogP contribution < -0.4 is 4.74 Å². The molecule has 0 radical (unpaired) electrons. The minimum absolute atomic E-state index is 0.0140. The SMILES string of the molecule is CC(=O)OC1=CC=CC2(C)C(CC(=O)Oc3ccc4c(c3)C=CC4)C=CC12. The highest BCUT2D eigenvalue weighted by Crippen LogP contribution is 2.51. The van der Waals surface area contributed by atoms with E-state index in [9.17, 15) is 9.59 Å². The summed E-state index contributed by atoms with van der Waals surface area (Å²) in [6.07, 6.45) is 15.2. The van der Waals surface area contributed by atoms with Crippen LogP contribution in [0.3, 0.4) is 0 Å². The second kappa shape index (κ2) is 6.69. The van der Waals surface area contributed by atoms with E-state index in [2.05, 4.69) is 19.1 Å². The molecule has 0 aliphatic heterocycles. The third-order valence-corrected chi connectivity index (χ3v) is 5.66. The van der Waals surface area contributed by atoms with Gasteiger partial charge in [-0.25, -0.2) is 0 Å². The Labute approximate surface area is 158 Å². The van der Waals surface area contributed by atoms with Crippen LogP contribution in [0.1, 0.15) is 31.4 Å². The lowest BCUT2D eigenvalue weighted by Crippen LogP contribution is -2.33. The zero-order valence-corrected chi connectivity index (χ0v) is 15.5. The lowest BCUT2D eigenvalue weighted by atomic mass is 9.69. The first-order valence-corrected chi connectivity index (χ1v) is 9.22. The van der Waals surface area contributed by atoms with Gasteiger partial charge in [0.15, 0.2) is 0 Å². The number of esters is 2. The van der Waals surface area contributed by atoms with Crippen LogP contribution in [-0.2, 0) is 20.7 Å². The summed E-state index contributed by atoms with van der Waals surface area (Å²) in [7, 11) is 0. The van der Waals surface area contributed by atoms with Crippen LogP contribution in [0.5, 0.6) is 5.75 Å². The van der Waals surface area contributed by atoms with E-state index in [0.29, 0.717) is 11.5 Å². The molecule has 0 fully saturated rings. The van der Waals surface area contributed by atoms with Crippen LogP contribution >= 0.6 is 0 Å². The van der Waals surface area contributed by atoms with Crippen LogP contribution in [0.25, 0.3) is 6.08 Å². The molecule has 0 saturated carbocycles. The molecule has 4 nitrogen and oxygen atoms in total. The van der Waals surface area contributed by atoms with E-state index >= 15 is 0 Å².